The molecule has 1 saturated heterocycles. The minimum absolute atomic E-state index is 0.355. The fourth-order valence-electron chi connectivity index (χ4n) is 3.43. The first-order chi connectivity index (χ1) is 11.3. The van der Waals surface area contributed by atoms with Crippen molar-refractivity contribution < 1.29 is 0 Å². The Balaban J connectivity index is 1.76. The molecule has 1 fully saturated rings. The highest BCUT2D eigenvalue weighted by Crippen LogP contribution is 2.35. The Morgan fingerprint density at radius 2 is 2.04 bits per heavy atom. The SMILES string of the molecule is CN1CCCC(CNc2nccnc2C#N)C1c1ccccc1. The number of likely N-dealkylation sites (tertiary alicyclic amines) is 1. The number of nitrogens with one attached hydrogen (secondary N) is 1. The first-order valence-electron chi connectivity index (χ1n) is 7.99. The molecule has 1 aliphatic rings. The second-order valence-corrected chi connectivity index (χ2v) is 5.98. The number of hydrogen-bond acceptors (Lipinski definition) is 5. The lowest BCUT2D eigenvalue weighted by Crippen LogP contribution is -2.39. The molecule has 1 aliphatic heterocycles. The number of aromatic nitrogens is 2. The minimum Gasteiger partial charge on any atom is -0.367 e. The van der Waals surface area contributed by atoms with Crippen LogP contribution in [0.5, 0.6) is 0 Å². The average molecular weight is 307 g/mol. The molecule has 0 saturated carbocycles. The summed E-state index contributed by atoms with van der Waals surface area (Å²) in [5.74, 6) is 1.06. The molecule has 2 unspecified atom stereocenters. The number of rotatable bonds is 4. The molecule has 0 amide bonds. The number of nitrogens with zero attached hydrogens (tertiary/aromatic N) is 4. The van der Waals surface area contributed by atoms with Crippen LogP contribution in [0.25, 0.3) is 0 Å². The van der Waals surface area contributed by atoms with Crippen LogP contribution < -0.4 is 5.32 Å². The normalized spacial score (nSPS) is 21.6. The largest absolute Gasteiger partial charge is 0.367 e. The van der Waals surface area contributed by atoms with Gasteiger partial charge in [-0.2, -0.15) is 5.26 Å². The highest BCUT2D eigenvalue weighted by molar-refractivity contribution is 5.46. The van der Waals surface area contributed by atoms with Gasteiger partial charge in [0.25, 0.3) is 0 Å². The Bertz CT molecular complexity index is 679. The van der Waals surface area contributed by atoms with E-state index in [0.29, 0.717) is 23.5 Å². The smallest absolute Gasteiger partial charge is 0.182 e. The molecule has 5 nitrogen and oxygen atoms in total. The van der Waals surface area contributed by atoms with Crippen molar-refractivity contribution in [3.05, 3.63) is 54.0 Å². The Morgan fingerprint density at radius 3 is 2.83 bits per heavy atom. The molecule has 2 atom stereocenters. The van der Waals surface area contributed by atoms with Gasteiger partial charge in [-0.1, -0.05) is 30.3 Å². The van der Waals surface area contributed by atoms with Gasteiger partial charge in [-0.25, -0.2) is 9.97 Å². The summed E-state index contributed by atoms with van der Waals surface area (Å²) in [5, 5.41) is 12.5. The molecular formula is C18H21N5. The van der Waals surface area contributed by atoms with E-state index in [2.05, 4.69) is 63.6 Å². The number of anilines is 1. The Labute approximate surface area is 137 Å². The minimum atomic E-state index is 0.355. The summed E-state index contributed by atoms with van der Waals surface area (Å²) in [7, 11) is 2.19. The fourth-order valence-corrected chi connectivity index (χ4v) is 3.43. The van der Waals surface area contributed by atoms with Crippen molar-refractivity contribution in [1.29, 1.82) is 5.26 Å². The summed E-state index contributed by atoms with van der Waals surface area (Å²) in [6, 6.07) is 13.1. The topological polar surface area (TPSA) is 64.8 Å². The maximum absolute atomic E-state index is 9.13. The summed E-state index contributed by atoms with van der Waals surface area (Å²) < 4.78 is 0. The van der Waals surface area contributed by atoms with Crippen molar-refractivity contribution in [3.8, 4) is 6.07 Å². The van der Waals surface area contributed by atoms with E-state index in [4.69, 9.17) is 5.26 Å². The van der Waals surface area contributed by atoms with Gasteiger partial charge in [-0.3, -0.25) is 4.90 Å². The molecule has 0 aliphatic carbocycles. The van der Waals surface area contributed by atoms with Crippen LogP contribution in [-0.2, 0) is 0 Å². The highest BCUT2D eigenvalue weighted by Gasteiger charge is 2.30. The molecule has 1 aromatic carbocycles. The maximum Gasteiger partial charge on any atom is 0.182 e. The summed E-state index contributed by atoms with van der Waals surface area (Å²) in [6.45, 7) is 1.90. The van der Waals surface area contributed by atoms with Gasteiger partial charge < -0.3 is 5.32 Å². The quantitative estimate of drug-likeness (QED) is 0.941. The van der Waals surface area contributed by atoms with E-state index < -0.39 is 0 Å². The lowest BCUT2D eigenvalue weighted by Gasteiger charge is -2.39. The van der Waals surface area contributed by atoms with E-state index in [1.165, 1.54) is 18.4 Å². The first kappa shape index (κ1) is 15.4. The van der Waals surface area contributed by atoms with Gasteiger partial charge in [0.15, 0.2) is 11.5 Å². The molecule has 23 heavy (non-hydrogen) atoms. The van der Waals surface area contributed by atoms with E-state index in [0.717, 1.165) is 13.1 Å². The lowest BCUT2D eigenvalue weighted by atomic mass is 9.85. The number of piperidine rings is 1. The van der Waals surface area contributed by atoms with Gasteiger partial charge in [0.05, 0.1) is 0 Å². The third-order valence-electron chi connectivity index (χ3n) is 4.48. The molecule has 2 heterocycles. The van der Waals surface area contributed by atoms with Crippen molar-refractivity contribution >= 4 is 5.82 Å². The molecule has 5 heteroatoms. The van der Waals surface area contributed by atoms with Crippen molar-refractivity contribution in [3.63, 3.8) is 0 Å². The van der Waals surface area contributed by atoms with Crippen LogP contribution in [0.1, 0.15) is 30.1 Å². The summed E-state index contributed by atoms with van der Waals surface area (Å²) in [6.07, 6.45) is 5.52. The standard InChI is InChI=1S/C18H21N5/c1-23-11-5-8-15(17(23)14-6-3-2-4-7-14)13-22-18-16(12-19)20-9-10-21-18/h2-4,6-7,9-10,15,17H,5,8,11,13H2,1H3,(H,21,22). The Morgan fingerprint density at radius 1 is 1.26 bits per heavy atom. The molecule has 0 spiro atoms. The van der Waals surface area contributed by atoms with E-state index in [-0.39, 0.29) is 0 Å². The third-order valence-corrected chi connectivity index (χ3v) is 4.48. The summed E-state index contributed by atoms with van der Waals surface area (Å²) in [5.41, 5.74) is 1.70. The zero-order chi connectivity index (χ0) is 16.1. The first-order valence-corrected chi connectivity index (χ1v) is 7.99. The lowest BCUT2D eigenvalue weighted by molar-refractivity contribution is 0.128. The van der Waals surface area contributed by atoms with Crippen molar-refractivity contribution in [2.45, 2.75) is 18.9 Å². The number of hydrogen-bond donors (Lipinski definition) is 1. The van der Waals surface area contributed by atoms with Crippen LogP contribution in [0.3, 0.4) is 0 Å². The van der Waals surface area contributed by atoms with Gasteiger partial charge in [-0.05, 0) is 37.9 Å². The van der Waals surface area contributed by atoms with Gasteiger partial charge >= 0.3 is 0 Å². The summed E-state index contributed by atoms with van der Waals surface area (Å²) >= 11 is 0. The molecule has 118 valence electrons. The number of benzene rings is 1. The number of nitriles is 1. The van der Waals surface area contributed by atoms with Crippen LogP contribution in [-0.4, -0.2) is 35.0 Å². The molecule has 3 rings (SSSR count). The molecule has 0 radical (unpaired) electrons. The fraction of sp³-hybridized carbons (Fsp3) is 0.389. The van der Waals surface area contributed by atoms with Gasteiger partial charge in [0.1, 0.15) is 6.07 Å². The van der Waals surface area contributed by atoms with E-state index in [1.54, 1.807) is 12.4 Å². The van der Waals surface area contributed by atoms with Crippen molar-refractivity contribution in [1.82, 2.24) is 14.9 Å². The molecule has 0 bridgehead atoms. The Hall–Kier alpha value is -2.45. The maximum atomic E-state index is 9.13. The van der Waals surface area contributed by atoms with Crippen LogP contribution >= 0.6 is 0 Å². The molecular weight excluding hydrogens is 286 g/mol. The van der Waals surface area contributed by atoms with Crippen LogP contribution in [0.4, 0.5) is 5.82 Å². The second kappa shape index (κ2) is 7.21. The monoisotopic (exact) mass is 307 g/mol. The zero-order valence-corrected chi connectivity index (χ0v) is 13.3. The van der Waals surface area contributed by atoms with Gasteiger partial charge in [0.2, 0.25) is 0 Å². The van der Waals surface area contributed by atoms with Crippen LogP contribution in [0.15, 0.2) is 42.7 Å². The molecule has 1 N–H and O–H groups in total. The van der Waals surface area contributed by atoms with E-state index in [9.17, 15) is 0 Å². The summed E-state index contributed by atoms with van der Waals surface area (Å²) in [4.78, 5) is 10.7. The predicted octanol–water partition coefficient (Wildman–Crippen LogP) is 2.84. The van der Waals surface area contributed by atoms with Crippen molar-refractivity contribution in [2.75, 3.05) is 25.5 Å². The Kier molecular flexibility index (Phi) is 4.84. The molecule has 2 aromatic rings. The van der Waals surface area contributed by atoms with Crippen LogP contribution in [0, 0.1) is 17.2 Å². The average Bonchev–Trinajstić information content (AvgIpc) is 2.61. The zero-order valence-electron chi connectivity index (χ0n) is 13.3. The van der Waals surface area contributed by atoms with Gasteiger partial charge in [0, 0.05) is 25.0 Å². The molecule has 1 aromatic heterocycles. The van der Waals surface area contributed by atoms with E-state index >= 15 is 0 Å². The predicted molar refractivity (Wildman–Crippen MR) is 89.8 cm³/mol. The van der Waals surface area contributed by atoms with Crippen LogP contribution in [0.2, 0.25) is 0 Å². The highest BCUT2D eigenvalue weighted by atomic mass is 15.1. The second-order valence-electron chi connectivity index (χ2n) is 5.98. The van der Waals surface area contributed by atoms with E-state index in [1.807, 2.05) is 0 Å². The third kappa shape index (κ3) is 3.49. The van der Waals surface area contributed by atoms with Gasteiger partial charge in [-0.15, -0.1) is 0 Å². The van der Waals surface area contributed by atoms with Crippen molar-refractivity contribution in [2.24, 2.45) is 5.92 Å².